The van der Waals surface area contributed by atoms with Gasteiger partial charge in [0.05, 0.1) is 5.56 Å². The van der Waals surface area contributed by atoms with Crippen LogP contribution in [0.3, 0.4) is 0 Å². The van der Waals surface area contributed by atoms with Gasteiger partial charge in [-0.2, -0.15) is 0 Å². The summed E-state index contributed by atoms with van der Waals surface area (Å²) in [5.41, 5.74) is 1.73. The summed E-state index contributed by atoms with van der Waals surface area (Å²) < 4.78 is 3.28. The van der Waals surface area contributed by atoms with E-state index in [0.717, 1.165) is 10.9 Å². The molecule has 0 atom stereocenters. The second-order valence-electron chi connectivity index (χ2n) is 5.93. The molecule has 6 nitrogen and oxygen atoms in total. The number of hydrogen-bond acceptors (Lipinski definition) is 3. The number of aryl methyl sites for hydroxylation is 2. The predicted octanol–water partition coefficient (Wildman–Crippen LogP) is 2.68. The molecule has 0 radical (unpaired) electrons. The lowest BCUT2D eigenvalue weighted by molar-refractivity contribution is 0.102. The van der Waals surface area contributed by atoms with E-state index in [1.54, 1.807) is 37.6 Å². The molecule has 0 fully saturated rings. The molecule has 25 heavy (non-hydrogen) atoms. The number of pyridine rings is 2. The van der Waals surface area contributed by atoms with Gasteiger partial charge in [0.15, 0.2) is 0 Å². The van der Waals surface area contributed by atoms with Crippen molar-refractivity contribution in [2.24, 2.45) is 14.1 Å². The Hall–Kier alpha value is -3.41. The maximum absolute atomic E-state index is 12.9. The largest absolute Gasteiger partial charge is 0.339 e. The van der Waals surface area contributed by atoms with E-state index in [4.69, 9.17) is 0 Å². The highest BCUT2D eigenvalue weighted by Crippen LogP contribution is 2.29. The molecule has 0 saturated carbocycles. The normalized spacial score (nSPS) is 11.1. The third kappa shape index (κ3) is 2.30. The average molecular weight is 332 g/mol. The molecule has 0 spiro atoms. The van der Waals surface area contributed by atoms with Crippen LogP contribution in [-0.4, -0.2) is 20.0 Å². The van der Waals surface area contributed by atoms with E-state index in [1.165, 1.54) is 4.57 Å². The lowest BCUT2D eigenvalue weighted by atomic mass is 10.1. The molecule has 4 aromatic rings. The van der Waals surface area contributed by atoms with Gasteiger partial charge in [0.1, 0.15) is 11.3 Å². The van der Waals surface area contributed by atoms with E-state index in [1.807, 2.05) is 35.9 Å². The van der Waals surface area contributed by atoms with Crippen molar-refractivity contribution in [3.8, 4) is 0 Å². The zero-order valence-corrected chi connectivity index (χ0v) is 13.9. The Morgan fingerprint density at radius 2 is 1.84 bits per heavy atom. The number of anilines is 1. The van der Waals surface area contributed by atoms with Crippen LogP contribution in [0.4, 0.5) is 5.82 Å². The molecule has 0 unspecified atom stereocenters. The van der Waals surface area contributed by atoms with Gasteiger partial charge in [-0.25, -0.2) is 4.98 Å². The quantitative estimate of drug-likeness (QED) is 0.613. The Morgan fingerprint density at radius 1 is 1.08 bits per heavy atom. The van der Waals surface area contributed by atoms with Crippen LogP contribution in [0.25, 0.3) is 21.8 Å². The Labute approximate surface area is 143 Å². The van der Waals surface area contributed by atoms with E-state index in [2.05, 4.69) is 10.3 Å². The van der Waals surface area contributed by atoms with Gasteiger partial charge in [0.2, 0.25) is 0 Å². The number of aromatic nitrogens is 3. The van der Waals surface area contributed by atoms with Gasteiger partial charge in [-0.05, 0) is 18.2 Å². The van der Waals surface area contributed by atoms with Crippen LogP contribution < -0.4 is 10.9 Å². The monoisotopic (exact) mass is 332 g/mol. The van der Waals surface area contributed by atoms with Crippen LogP contribution >= 0.6 is 0 Å². The summed E-state index contributed by atoms with van der Waals surface area (Å²) in [5, 5.41) is 4.34. The van der Waals surface area contributed by atoms with Crippen LogP contribution in [0.1, 0.15) is 10.4 Å². The molecule has 1 aromatic carbocycles. The topological polar surface area (TPSA) is 68.9 Å². The van der Waals surface area contributed by atoms with E-state index in [0.29, 0.717) is 22.3 Å². The standard InChI is InChI=1S/C19H16N4O2/c1-22-11-13(18(24)21-15-9-5-6-10-20-15)16-12-7-3-4-8-14(12)23(2)17(16)19(22)25/h3-11H,1-2H3,(H,20,21,24). The maximum Gasteiger partial charge on any atom is 0.274 e. The van der Waals surface area contributed by atoms with Crippen molar-refractivity contribution in [2.45, 2.75) is 0 Å². The van der Waals surface area contributed by atoms with E-state index in [-0.39, 0.29) is 11.5 Å². The number of carbonyl (C=O) groups excluding carboxylic acids is 1. The molecule has 0 aliphatic carbocycles. The molecule has 4 rings (SSSR count). The third-order valence-electron chi connectivity index (χ3n) is 4.37. The van der Waals surface area contributed by atoms with Crippen LogP contribution in [0.5, 0.6) is 0 Å². The lowest BCUT2D eigenvalue weighted by Gasteiger charge is -2.08. The highest BCUT2D eigenvalue weighted by atomic mass is 16.2. The Morgan fingerprint density at radius 3 is 2.60 bits per heavy atom. The number of fused-ring (bicyclic) bond motifs is 3. The zero-order chi connectivity index (χ0) is 17.6. The highest BCUT2D eigenvalue weighted by Gasteiger charge is 2.20. The molecule has 0 aliphatic rings. The van der Waals surface area contributed by atoms with Crippen LogP contribution in [-0.2, 0) is 14.1 Å². The van der Waals surface area contributed by atoms with Crippen molar-refractivity contribution < 1.29 is 4.79 Å². The Balaban J connectivity index is 2.01. The first-order chi connectivity index (χ1) is 12.1. The minimum absolute atomic E-state index is 0.136. The van der Waals surface area contributed by atoms with Gasteiger partial charge in [-0.15, -0.1) is 0 Å². The number of nitrogens with one attached hydrogen (secondary N) is 1. The number of carbonyl (C=O) groups is 1. The fourth-order valence-electron chi connectivity index (χ4n) is 3.19. The summed E-state index contributed by atoms with van der Waals surface area (Å²) in [4.78, 5) is 29.6. The van der Waals surface area contributed by atoms with E-state index in [9.17, 15) is 9.59 Å². The van der Waals surface area contributed by atoms with Crippen molar-refractivity contribution in [1.82, 2.24) is 14.1 Å². The maximum atomic E-state index is 12.9. The van der Waals surface area contributed by atoms with Crippen LogP contribution in [0.2, 0.25) is 0 Å². The van der Waals surface area contributed by atoms with Crippen molar-refractivity contribution in [1.29, 1.82) is 0 Å². The first kappa shape index (κ1) is 15.1. The van der Waals surface area contributed by atoms with E-state index >= 15 is 0 Å². The lowest BCUT2D eigenvalue weighted by Crippen LogP contribution is -2.22. The Kier molecular flexibility index (Phi) is 3.39. The van der Waals surface area contributed by atoms with Crippen molar-refractivity contribution in [3.05, 3.63) is 70.8 Å². The molecule has 0 saturated heterocycles. The van der Waals surface area contributed by atoms with Crippen molar-refractivity contribution in [2.75, 3.05) is 5.32 Å². The van der Waals surface area contributed by atoms with E-state index < -0.39 is 0 Å². The molecule has 3 aromatic heterocycles. The average Bonchev–Trinajstić information content (AvgIpc) is 2.92. The number of hydrogen-bond donors (Lipinski definition) is 1. The van der Waals surface area contributed by atoms with Gasteiger partial charge in [-0.1, -0.05) is 24.3 Å². The number of nitrogens with zero attached hydrogens (tertiary/aromatic N) is 3. The molecular formula is C19H16N4O2. The zero-order valence-electron chi connectivity index (χ0n) is 13.9. The van der Waals surface area contributed by atoms with Gasteiger partial charge >= 0.3 is 0 Å². The molecule has 6 heteroatoms. The molecule has 0 bridgehead atoms. The summed E-state index contributed by atoms with van der Waals surface area (Å²) in [6.07, 6.45) is 3.19. The van der Waals surface area contributed by atoms with Gasteiger partial charge in [0.25, 0.3) is 11.5 Å². The Bertz CT molecular complexity index is 1170. The third-order valence-corrected chi connectivity index (χ3v) is 4.37. The SMILES string of the molecule is Cn1cc(C(=O)Nc2ccccn2)c2c3ccccc3n(C)c2c1=O. The number of rotatable bonds is 2. The highest BCUT2D eigenvalue weighted by molar-refractivity contribution is 6.20. The first-order valence-electron chi connectivity index (χ1n) is 7.87. The van der Waals surface area contributed by atoms with Gasteiger partial charge in [0, 0.05) is 42.8 Å². The van der Waals surface area contributed by atoms with Gasteiger partial charge in [-0.3, -0.25) is 9.59 Å². The summed E-state index contributed by atoms with van der Waals surface area (Å²) in [7, 11) is 3.49. The molecular weight excluding hydrogens is 316 g/mol. The first-order valence-corrected chi connectivity index (χ1v) is 7.87. The number of amides is 1. The number of benzene rings is 1. The second kappa shape index (κ2) is 5.59. The summed E-state index contributed by atoms with van der Waals surface area (Å²) >= 11 is 0. The smallest absolute Gasteiger partial charge is 0.274 e. The number of para-hydroxylation sites is 1. The molecule has 3 heterocycles. The fraction of sp³-hybridized carbons (Fsp3) is 0.105. The molecule has 124 valence electrons. The molecule has 0 aliphatic heterocycles. The van der Waals surface area contributed by atoms with Crippen molar-refractivity contribution >= 4 is 33.5 Å². The second-order valence-corrected chi connectivity index (χ2v) is 5.93. The van der Waals surface area contributed by atoms with Crippen LogP contribution in [0.15, 0.2) is 59.7 Å². The minimum Gasteiger partial charge on any atom is -0.339 e. The fourth-order valence-corrected chi connectivity index (χ4v) is 3.19. The summed E-state index contributed by atoms with van der Waals surface area (Å²) in [5.74, 6) is 0.172. The summed E-state index contributed by atoms with van der Waals surface area (Å²) in [6.45, 7) is 0. The van der Waals surface area contributed by atoms with Gasteiger partial charge < -0.3 is 14.5 Å². The molecule has 1 amide bonds. The van der Waals surface area contributed by atoms with Crippen LogP contribution in [0, 0.1) is 0 Å². The van der Waals surface area contributed by atoms with Crippen molar-refractivity contribution in [3.63, 3.8) is 0 Å². The minimum atomic E-state index is -0.296. The summed E-state index contributed by atoms with van der Waals surface area (Å²) in [6, 6.07) is 13.0. The predicted molar refractivity (Wildman–Crippen MR) is 97.9 cm³/mol. The molecule has 1 N–H and O–H groups in total.